The van der Waals surface area contributed by atoms with E-state index in [1.165, 1.54) is 6.08 Å². The molecule has 2 aliphatic rings. The number of likely N-dealkylation sites (tertiary alicyclic amines) is 1. The molecule has 0 radical (unpaired) electrons. The number of nitrogens with zero attached hydrogens (tertiary/aromatic N) is 6. The van der Waals surface area contributed by atoms with E-state index in [2.05, 4.69) is 21.4 Å². The van der Waals surface area contributed by atoms with E-state index in [4.69, 9.17) is 10.5 Å². The summed E-state index contributed by atoms with van der Waals surface area (Å²) in [7, 11) is 1.96. The van der Waals surface area contributed by atoms with Crippen molar-refractivity contribution < 1.29 is 31.5 Å². The molecule has 15 heteroatoms. The van der Waals surface area contributed by atoms with Gasteiger partial charge in [-0.1, -0.05) is 12.6 Å². The number of carbonyl (C=O) groups excluding carboxylic acids is 1. The van der Waals surface area contributed by atoms with Crippen LogP contribution < -0.4 is 15.4 Å². The van der Waals surface area contributed by atoms with Crippen molar-refractivity contribution in [3.63, 3.8) is 0 Å². The van der Waals surface area contributed by atoms with Gasteiger partial charge in [0.1, 0.15) is 34.8 Å². The lowest BCUT2D eigenvalue weighted by atomic mass is 9.92. The number of aromatic nitrogens is 2. The Kier molecular flexibility index (Phi) is 8.69. The van der Waals surface area contributed by atoms with Crippen molar-refractivity contribution >= 4 is 49.1 Å². The van der Waals surface area contributed by atoms with E-state index in [1.54, 1.807) is 23.6 Å². The van der Waals surface area contributed by atoms with E-state index in [-0.39, 0.29) is 74.6 Å². The van der Waals surface area contributed by atoms with Gasteiger partial charge in [-0.05, 0) is 71.0 Å². The number of benzene rings is 2. The molecule has 258 valence electrons. The zero-order valence-electron chi connectivity index (χ0n) is 27.3. The summed E-state index contributed by atoms with van der Waals surface area (Å²) in [6.45, 7) is 10.5. The molecule has 2 aromatic carbocycles. The summed E-state index contributed by atoms with van der Waals surface area (Å²) in [5, 5.41) is 9.26. The van der Waals surface area contributed by atoms with Crippen molar-refractivity contribution in [2.45, 2.75) is 57.4 Å². The molecule has 3 atom stereocenters. The van der Waals surface area contributed by atoms with E-state index in [0.29, 0.717) is 11.3 Å². The topological polar surface area (TPSA) is 112 Å². The second-order valence-electron chi connectivity index (χ2n) is 12.9. The van der Waals surface area contributed by atoms with E-state index < -0.39 is 46.5 Å². The molecular formula is C34H34F5N7O2S. The van der Waals surface area contributed by atoms with Gasteiger partial charge in [0.25, 0.3) is 0 Å². The summed E-state index contributed by atoms with van der Waals surface area (Å²) in [4.78, 5) is 26.9. The number of rotatable bonds is 6. The van der Waals surface area contributed by atoms with Crippen LogP contribution in [0.25, 0.3) is 32.1 Å². The molecule has 0 saturated carbocycles. The fourth-order valence-corrected chi connectivity index (χ4v) is 7.83. The average Bonchev–Trinajstić information content (AvgIpc) is 3.58. The summed E-state index contributed by atoms with van der Waals surface area (Å²) >= 11 is 0.694. The van der Waals surface area contributed by atoms with Gasteiger partial charge in [0.15, 0.2) is 5.82 Å². The molecule has 0 aliphatic carbocycles. The number of hydrogen-bond acceptors (Lipinski definition) is 9. The quantitative estimate of drug-likeness (QED) is 0.174. The summed E-state index contributed by atoms with van der Waals surface area (Å²) in [6, 6.07) is 3.47. The third kappa shape index (κ3) is 5.80. The van der Waals surface area contributed by atoms with Crippen molar-refractivity contribution in [2.75, 3.05) is 43.9 Å². The van der Waals surface area contributed by atoms with E-state index in [0.717, 1.165) is 37.6 Å². The molecule has 2 N–H and O–H groups in total. The number of halogens is 5. The Bertz CT molecular complexity index is 2040. The number of piperazine rings is 1. The molecule has 49 heavy (non-hydrogen) atoms. The first-order valence-corrected chi connectivity index (χ1v) is 16.5. The maximum absolute atomic E-state index is 17.1. The van der Waals surface area contributed by atoms with Gasteiger partial charge in [-0.3, -0.25) is 9.69 Å². The van der Waals surface area contributed by atoms with Crippen LogP contribution in [0.15, 0.2) is 30.9 Å². The molecule has 4 aromatic rings. The highest BCUT2D eigenvalue weighted by atomic mass is 32.1. The third-order valence-electron chi connectivity index (χ3n) is 9.75. The Morgan fingerprint density at radius 1 is 1.24 bits per heavy atom. The molecule has 4 heterocycles. The number of nitrogens with two attached hydrogens (primary N) is 1. The fourth-order valence-electron chi connectivity index (χ4n) is 6.88. The second kappa shape index (κ2) is 12.4. The second-order valence-corrected chi connectivity index (χ2v) is 14.0. The van der Waals surface area contributed by atoms with Gasteiger partial charge < -0.3 is 20.3 Å². The number of amides is 1. The van der Waals surface area contributed by atoms with E-state index >= 15 is 4.39 Å². The summed E-state index contributed by atoms with van der Waals surface area (Å²) in [6.07, 6.45) is -2.15. The first-order chi connectivity index (χ1) is 23.1. The average molecular weight is 700 g/mol. The molecule has 1 amide bonds. The first kappa shape index (κ1) is 34.3. The molecule has 9 nitrogen and oxygen atoms in total. The number of likely N-dealkylation sites (N-methyl/N-ethyl adjacent to an activating group) is 1. The van der Waals surface area contributed by atoms with Crippen molar-refractivity contribution in [3.8, 4) is 23.2 Å². The SMILES string of the molecule is C=CC(=O)N1C[C@H](C)N(c2nc(OC[C@]3(C)CCCN3C)nc3c(F)c(-c4ccc(F)c5sc(N)c(C#N)c45)c(C(F)(F)F)cc23)C[C@H]1C. The van der Waals surface area contributed by atoms with Crippen LogP contribution in [0.3, 0.4) is 0 Å². The van der Waals surface area contributed by atoms with Gasteiger partial charge in [0, 0.05) is 41.5 Å². The molecule has 0 unspecified atom stereocenters. The van der Waals surface area contributed by atoms with E-state index in [1.807, 2.05) is 20.0 Å². The lowest BCUT2D eigenvalue weighted by Gasteiger charge is -2.44. The maximum Gasteiger partial charge on any atom is 0.417 e. The Hall–Kier alpha value is -4.55. The minimum atomic E-state index is -5.10. The Morgan fingerprint density at radius 3 is 2.61 bits per heavy atom. The van der Waals surface area contributed by atoms with Gasteiger partial charge in [0.2, 0.25) is 5.91 Å². The zero-order valence-corrected chi connectivity index (χ0v) is 28.1. The zero-order chi connectivity index (χ0) is 35.6. The number of thiophene rings is 1. The monoisotopic (exact) mass is 699 g/mol. The summed E-state index contributed by atoms with van der Waals surface area (Å²) in [5.74, 6) is -2.44. The van der Waals surface area contributed by atoms with Gasteiger partial charge >= 0.3 is 12.2 Å². The third-order valence-corrected chi connectivity index (χ3v) is 10.8. The number of anilines is 2. The highest BCUT2D eigenvalue weighted by molar-refractivity contribution is 7.23. The van der Waals surface area contributed by atoms with Crippen molar-refractivity contribution in [2.24, 2.45) is 0 Å². The van der Waals surface area contributed by atoms with Crippen LogP contribution in [0.5, 0.6) is 6.01 Å². The lowest BCUT2D eigenvalue weighted by Crippen LogP contribution is -2.58. The predicted molar refractivity (Wildman–Crippen MR) is 178 cm³/mol. The molecule has 0 bridgehead atoms. The highest BCUT2D eigenvalue weighted by Crippen LogP contribution is 2.48. The Labute approximate surface area is 283 Å². The maximum atomic E-state index is 17.1. The molecule has 2 aromatic heterocycles. The Balaban J connectivity index is 1.62. The summed E-state index contributed by atoms with van der Waals surface area (Å²) in [5.41, 5.74) is 2.26. The lowest BCUT2D eigenvalue weighted by molar-refractivity contribution is -0.137. The predicted octanol–water partition coefficient (Wildman–Crippen LogP) is 6.74. The standard InChI is InChI=1S/C34H34F5N7O2S/c1-6-24(47)45-14-18(3)46(15-17(45)2)31-20-12-22(34(37,38)39)26(19-8-9-23(35)29-25(19)21(13-40)30(41)49-29)27(36)28(20)42-32(43-31)48-16-33(4)10-7-11-44(33)5/h6,8-9,12,17-18H,1,7,10-11,14-16,41H2,2-5H3/t17-,18+,33+/m1/s1. The summed E-state index contributed by atoms with van der Waals surface area (Å²) < 4.78 is 82.9. The molecule has 0 spiro atoms. The molecule has 2 fully saturated rings. The van der Waals surface area contributed by atoms with Gasteiger partial charge in [-0.25, -0.2) is 8.78 Å². The number of nitrogen functional groups attached to an aromatic ring is 1. The van der Waals surface area contributed by atoms with Crippen LogP contribution in [0.1, 0.15) is 44.7 Å². The van der Waals surface area contributed by atoms with Gasteiger partial charge in [-0.15, -0.1) is 11.3 Å². The molecular weight excluding hydrogens is 665 g/mol. The fraction of sp³-hybridized carbons (Fsp3) is 0.412. The number of hydrogen-bond donors (Lipinski definition) is 1. The smallest absolute Gasteiger partial charge is 0.417 e. The van der Waals surface area contributed by atoms with Crippen molar-refractivity contribution in [1.29, 1.82) is 5.26 Å². The number of ether oxygens (including phenoxy) is 1. The number of fused-ring (bicyclic) bond motifs is 2. The number of carbonyl (C=O) groups is 1. The van der Waals surface area contributed by atoms with Crippen LogP contribution in [0, 0.1) is 23.0 Å². The van der Waals surface area contributed by atoms with Crippen LogP contribution in [0.4, 0.5) is 32.8 Å². The molecule has 6 rings (SSSR count). The minimum Gasteiger partial charge on any atom is -0.461 e. The van der Waals surface area contributed by atoms with Crippen LogP contribution in [-0.2, 0) is 11.0 Å². The van der Waals surface area contributed by atoms with Crippen molar-refractivity contribution in [1.82, 2.24) is 19.8 Å². The normalized spacial score (nSPS) is 21.8. The van der Waals surface area contributed by atoms with Crippen LogP contribution >= 0.6 is 11.3 Å². The van der Waals surface area contributed by atoms with E-state index in [9.17, 15) is 27.6 Å². The molecule has 2 saturated heterocycles. The van der Waals surface area contributed by atoms with Crippen molar-refractivity contribution in [3.05, 3.63) is 53.6 Å². The number of nitriles is 1. The molecule has 2 aliphatic heterocycles. The largest absolute Gasteiger partial charge is 0.461 e. The first-order valence-electron chi connectivity index (χ1n) is 15.7. The van der Waals surface area contributed by atoms with Crippen LogP contribution in [-0.4, -0.2) is 76.6 Å². The van der Waals surface area contributed by atoms with Gasteiger partial charge in [0.05, 0.1) is 21.4 Å². The highest BCUT2D eigenvalue weighted by Gasteiger charge is 2.40. The minimum absolute atomic E-state index is 0.00711. The van der Waals surface area contributed by atoms with Crippen LogP contribution in [0.2, 0.25) is 0 Å². The Morgan fingerprint density at radius 2 is 1.98 bits per heavy atom. The van der Waals surface area contributed by atoms with Gasteiger partial charge in [-0.2, -0.15) is 28.4 Å². The number of alkyl halides is 3.